The van der Waals surface area contributed by atoms with Crippen molar-refractivity contribution in [3.63, 3.8) is 0 Å². The van der Waals surface area contributed by atoms with Gasteiger partial charge in [-0.05, 0) is 88.6 Å². The van der Waals surface area contributed by atoms with Crippen LogP contribution in [0.5, 0.6) is 0 Å². The average Bonchev–Trinajstić information content (AvgIpc) is 3.58. The molecular weight excluding hydrogens is 607 g/mol. The lowest BCUT2D eigenvalue weighted by Crippen LogP contribution is -2.30. The second-order valence-electron chi connectivity index (χ2n) is 9.70. The first kappa shape index (κ1) is 31.0. The zero-order chi connectivity index (χ0) is 31.6. The molecule has 5 rings (SSSR count). The highest BCUT2D eigenvalue weighted by molar-refractivity contribution is 8.00. The van der Waals surface area contributed by atoms with Gasteiger partial charge in [0.2, 0.25) is 5.91 Å². The van der Waals surface area contributed by atoms with E-state index in [0.717, 1.165) is 16.0 Å². The van der Waals surface area contributed by atoms with Crippen LogP contribution in [0.1, 0.15) is 37.1 Å². The summed E-state index contributed by atoms with van der Waals surface area (Å²) in [5, 5.41) is 20.7. The summed E-state index contributed by atoms with van der Waals surface area (Å²) in [6.45, 7) is 0. The van der Waals surface area contributed by atoms with Crippen molar-refractivity contribution in [3.8, 4) is 0 Å². The lowest BCUT2D eigenvalue weighted by Gasteiger charge is -2.18. The number of hydrogen-bond donors (Lipinski definition) is 4. The fourth-order valence-electron chi connectivity index (χ4n) is 4.25. The van der Waals surface area contributed by atoms with Gasteiger partial charge in [0.25, 0.3) is 11.8 Å². The van der Waals surface area contributed by atoms with Gasteiger partial charge in [-0.25, -0.2) is 4.79 Å². The van der Waals surface area contributed by atoms with Crippen molar-refractivity contribution < 1.29 is 24.3 Å². The second kappa shape index (κ2) is 14.8. The zero-order valence-corrected chi connectivity index (χ0v) is 25.3. The van der Waals surface area contributed by atoms with E-state index in [9.17, 15) is 24.3 Å². The summed E-state index contributed by atoms with van der Waals surface area (Å²) in [7, 11) is 0. The summed E-state index contributed by atoms with van der Waals surface area (Å²) in [6, 6.07) is 32.8. The Morgan fingerprint density at radius 2 is 1.44 bits per heavy atom. The predicted octanol–water partition coefficient (Wildman–Crippen LogP) is 7.33. The van der Waals surface area contributed by atoms with Crippen LogP contribution in [0, 0.1) is 0 Å². The van der Waals surface area contributed by atoms with Crippen LogP contribution in [0.3, 0.4) is 0 Å². The highest BCUT2D eigenvalue weighted by Gasteiger charge is 2.23. The lowest BCUT2D eigenvalue weighted by molar-refractivity contribution is -0.116. The minimum Gasteiger partial charge on any atom is -0.478 e. The molecule has 0 saturated heterocycles. The molecule has 8 nitrogen and oxygen atoms in total. The maximum absolute atomic E-state index is 13.5. The Hall–Kier alpha value is -5.45. The Morgan fingerprint density at radius 3 is 2.11 bits per heavy atom. The quantitative estimate of drug-likeness (QED) is 0.0892. The molecular formula is C35H27N3O5S2. The summed E-state index contributed by atoms with van der Waals surface area (Å²) in [6.07, 6.45) is 1.62. The minimum absolute atomic E-state index is 0.0794. The first-order valence-corrected chi connectivity index (χ1v) is 15.6. The smallest absolute Gasteiger partial charge is 0.335 e. The average molecular weight is 634 g/mol. The summed E-state index contributed by atoms with van der Waals surface area (Å²) in [5.74, 6) is -2.26. The molecule has 0 bridgehead atoms. The second-order valence-corrected chi connectivity index (χ2v) is 11.7. The molecule has 0 spiro atoms. The first-order valence-electron chi connectivity index (χ1n) is 13.7. The summed E-state index contributed by atoms with van der Waals surface area (Å²) in [5.41, 5.74) is 3.10. The minimum atomic E-state index is -1.05. The van der Waals surface area contributed by atoms with E-state index in [-0.39, 0.29) is 17.2 Å². The molecule has 0 saturated carbocycles. The van der Waals surface area contributed by atoms with E-state index in [2.05, 4.69) is 16.0 Å². The van der Waals surface area contributed by atoms with Crippen molar-refractivity contribution in [2.75, 3.05) is 10.6 Å². The molecule has 1 heterocycles. The highest BCUT2D eigenvalue weighted by Crippen LogP contribution is 2.37. The summed E-state index contributed by atoms with van der Waals surface area (Å²) >= 11 is 2.77. The molecule has 0 aliphatic rings. The number of carboxylic acid groups (broad SMARTS) is 1. The molecule has 0 radical (unpaired) electrons. The van der Waals surface area contributed by atoms with Gasteiger partial charge in [-0.1, -0.05) is 54.6 Å². The monoisotopic (exact) mass is 633 g/mol. The molecule has 4 aromatic carbocycles. The number of carboxylic acids is 1. The third-order valence-corrected chi connectivity index (χ3v) is 8.42. The van der Waals surface area contributed by atoms with E-state index < -0.39 is 23.0 Å². The van der Waals surface area contributed by atoms with Gasteiger partial charge in [0.05, 0.1) is 5.56 Å². The number of anilines is 2. The first-order chi connectivity index (χ1) is 21.9. The fourth-order valence-corrected chi connectivity index (χ4v) is 5.95. The maximum atomic E-state index is 13.5. The molecule has 224 valence electrons. The van der Waals surface area contributed by atoms with Gasteiger partial charge in [0.15, 0.2) is 0 Å². The Balaban J connectivity index is 1.34. The Labute approximate surface area is 267 Å². The molecule has 1 atom stereocenters. The van der Waals surface area contributed by atoms with Crippen LogP contribution in [0.15, 0.2) is 137 Å². The molecule has 0 fully saturated rings. The number of nitrogens with one attached hydrogen (secondary N) is 3. The number of thiophene rings is 1. The number of carbonyl (C=O) groups is 4. The molecule has 1 aromatic heterocycles. The van der Waals surface area contributed by atoms with Crippen molar-refractivity contribution in [1.82, 2.24) is 5.32 Å². The van der Waals surface area contributed by atoms with E-state index in [1.165, 1.54) is 35.2 Å². The summed E-state index contributed by atoms with van der Waals surface area (Å²) in [4.78, 5) is 51.7. The SMILES string of the molecule is O=C(Nc1cccc(SC(C(=O)Nc2ccc(C(=O)O)cc2)c2ccccc2)c1)/C(=C/c1ccsc1)NC(=O)c1ccccc1. The van der Waals surface area contributed by atoms with Crippen LogP contribution in [0.4, 0.5) is 11.4 Å². The van der Waals surface area contributed by atoms with Crippen molar-refractivity contribution in [2.45, 2.75) is 10.1 Å². The number of carbonyl (C=O) groups excluding carboxylic acids is 3. The number of thioether (sulfide) groups is 1. The van der Waals surface area contributed by atoms with Crippen molar-refractivity contribution in [3.05, 3.63) is 154 Å². The van der Waals surface area contributed by atoms with Crippen molar-refractivity contribution in [2.24, 2.45) is 0 Å². The van der Waals surface area contributed by atoms with Gasteiger partial charge in [0.1, 0.15) is 10.9 Å². The van der Waals surface area contributed by atoms with Crippen LogP contribution in [0.2, 0.25) is 0 Å². The van der Waals surface area contributed by atoms with Gasteiger partial charge < -0.3 is 21.1 Å². The molecule has 45 heavy (non-hydrogen) atoms. The van der Waals surface area contributed by atoms with Gasteiger partial charge in [-0.3, -0.25) is 14.4 Å². The molecule has 5 aromatic rings. The van der Waals surface area contributed by atoms with Gasteiger partial charge in [-0.2, -0.15) is 11.3 Å². The van der Waals surface area contributed by atoms with Gasteiger partial charge in [-0.15, -0.1) is 11.8 Å². The van der Waals surface area contributed by atoms with Gasteiger partial charge in [0, 0.05) is 21.8 Å². The normalized spacial score (nSPS) is 11.7. The zero-order valence-electron chi connectivity index (χ0n) is 23.7. The largest absolute Gasteiger partial charge is 0.478 e. The maximum Gasteiger partial charge on any atom is 0.335 e. The van der Waals surface area contributed by atoms with Crippen LogP contribution < -0.4 is 16.0 Å². The number of benzene rings is 4. The van der Waals surface area contributed by atoms with E-state index in [1.807, 2.05) is 53.2 Å². The number of rotatable bonds is 11. The molecule has 3 amide bonds. The van der Waals surface area contributed by atoms with Crippen LogP contribution in [-0.4, -0.2) is 28.8 Å². The number of amides is 3. The molecule has 1 unspecified atom stereocenters. The molecule has 4 N–H and O–H groups in total. The Bertz CT molecular complexity index is 1820. The Kier molecular flexibility index (Phi) is 10.2. The van der Waals surface area contributed by atoms with E-state index in [1.54, 1.807) is 66.7 Å². The van der Waals surface area contributed by atoms with E-state index in [4.69, 9.17) is 0 Å². The standard InChI is InChI=1S/C35H27N3O5S2/c39-32(25-10-5-2-6-11-25)38-30(20-23-18-19-44-22-23)33(40)37-28-12-7-13-29(21-28)45-31(24-8-3-1-4-9-24)34(41)36-27-16-14-26(15-17-27)35(42)43/h1-22,31H,(H,36,41)(H,37,40)(H,38,39)(H,42,43)/b30-20-. The Morgan fingerprint density at radius 1 is 0.733 bits per heavy atom. The van der Waals surface area contributed by atoms with Crippen molar-refractivity contribution in [1.29, 1.82) is 0 Å². The van der Waals surface area contributed by atoms with Crippen LogP contribution >= 0.6 is 23.1 Å². The third-order valence-electron chi connectivity index (χ3n) is 6.47. The van der Waals surface area contributed by atoms with E-state index in [0.29, 0.717) is 16.9 Å². The van der Waals surface area contributed by atoms with Crippen LogP contribution in [-0.2, 0) is 9.59 Å². The van der Waals surface area contributed by atoms with Gasteiger partial charge >= 0.3 is 5.97 Å². The number of aromatic carboxylic acids is 1. The molecule has 0 aliphatic carbocycles. The highest BCUT2D eigenvalue weighted by atomic mass is 32.2. The predicted molar refractivity (Wildman–Crippen MR) is 178 cm³/mol. The van der Waals surface area contributed by atoms with Crippen LogP contribution in [0.25, 0.3) is 6.08 Å². The topological polar surface area (TPSA) is 125 Å². The lowest BCUT2D eigenvalue weighted by atomic mass is 10.1. The summed E-state index contributed by atoms with van der Waals surface area (Å²) < 4.78 is 0. The molecule has 10 heteroatoms. The fraction of sp³-hybridized carbons (Fsp3) is 0.0286. The van der Waals surface area contributed by atoms with E-state index >= 15 is 0 Å². The molecule has 0 aliphatic heterocycles. The van der Waals surface area contributed by atoms with Crippen molar-refractivity contribution >= 4 is 64.2 Å². The number of hydrogen-bond acceptors (Lipinski definition) is 6. The third kappa shape index (κ3) is 8.56.